The first-order chi connectivity index (χ1) is 20.2. The van der Waals surface area contributed by atoms with E-state index in [1.165, 1.54) is 23.8 Å². The number of piperidine rings is 1. The first-order valence-electron chi connectivity index (χ1n) is 14.4. The van der Waals surface area contributed by atoms with E-state index in [1.807, 2.05) is 24.8 Å². The van der Waals surface area contributed by atoms with Gasteiger partial charge in [-0.25, -0.2) is 15.0 Å². The molecular weight excluding hydrogens is 538 g/mol. The quantitative estimate of drug-likeness (QED) is 0.328. The van der Waals surface area contributed by atoms with E-state index in [-0.39, 0.29) is 36.1 Å². The topological polar surface area (TPSA) is 146 Å². The van der Waals surface area contributed by atoms with Crippen molar-refractivity contribution in [2.24, 2.45) is 0 Å². The zero-order chi connectivity index (χ0) is 29.6. The van der Waals surface area contributed by atoms with Crippen LogP contribution < -0.4 is 15.4 Å². The predicted octanol–water partition coefficient (Wildman–Crippen LogP) is 2.31. The molecule has 2 aliphatic rings. The number of benzene rings is 1. The molecule has 0 bridgehead atoms. The molecule has 1 aromatic carbocycles. The van der Waals surface area contributed by atoms with Crippen molar-refractivity contribution in [3.05, 3.63) is 65.3 Å². The van der Waals surface area contributed by atoms with Gasteiger partial charge in [0, 0.05) is 57.8 Å². The van der Waals surface area contributed by atoms with Crippen molar-refractivity contribution in [3.63, 3.8) is 0 Å². The minimum atomic E-state index is -0.726. The van der Waals surface area contributed by atoms with Crippen molar-refractivity contribution in [3.8, 4) is 5.75 Å². The van der Waals surface area contributed by atoms with Crippen LogP contribution in [0.25, 0.3) is 0 Å². The Kier molecular flexibility index (Phi) is 9.33. The molecule has 3 aromatic rings. The number of rotatable bonds is 10. The number of anilines is 1. The number of amides is 2. The fraction of sp³-hybridized carbons (Fsp3) is 0.500. The third-order valence-corrected chi connectivity index (χ3v) is 7.98. The average Bonchev–Trinajstić information content (AvgIpc) is 3.39. The summed E-state index contributed by atoms with van der Waals surface area (Å²) in [5, 5.41) is 16.8. The Labute approximate surface area is 245 Å². The molecule has 5 rings (SSSR count). The molecular formula is C30H39N7O5. The van der Waals surface area contributed by atoms with E-state index < -0.39 is 6.10 Å². The van der Waals surface area contributed by atoms with Gasteiger partial charge in [-0.05, 0) is 56.4 Å². The number of aryl methyl sites for hydroxylation is 1. The molecule has 0 unspecified atom stereocenters. The molecule has 0 saturated carbocycles. The summed E-state index contributed by atoms with van der Waals surface area (Å²) in [5.41, 5.74) is 3.49. The largest absolute Gasteiger partial charge is 0.486 e. The maximum atomic E-state index is 12.8. The Hall–Kier alpha value is -4.03. The van der Waals surface area contributed by atoms with E-state index in [1.54, 1.807) is 13.0 Å². The van der Waals surface area contributed by atoms with Gasteiger partial charge in [0.05, 0.1) is 11.8 Å². The van der Waals surface area contributed by atoms with Crippen LogP contribution in [0.5, 0.6) is 5.75 Å². The number of hydrogen-bond donors (Lipinski definition) is 3. The van der Waals surface area contributed by atoms with Crippen LogP contribution in [0.15, 0.2) is 41.4 Å². The summed E-state index contributed by atoms with van der Waals surface area (Å²) in [6.07, 6.45) is 4.51. The molecule has 1 saturated heterocycles. The molecule has 4 heterocycles. The SMILES string of the molecule is CC(=O)N1CC[C@H](Nc2cc(C(=O)NC[C@H](O)CN3CCc4cc(OCc5ocnc5C)ccc4C3)ncn2)C[C@H]1C. The Morgan fingerprint density at radius 2 is 2.05 bits per heavy atom. The fourth-order valence-corrected chi connectivity index (χ4v) is 5.65. The number of β-amino-alcohol motifs (C(OH)–C–C–N with tert-alkyl or cyclic N) is 1. The van der Waals surface area contributed by atoms with Gasteiger partial charge in [0.2, 0.25) is 5.91 Å². The second kappa shape index (κ2) is 13.3. The summed E-state index contributed by atoms with van der Waals surface area (Å²) >= 11 is 0. The number of nitrogens with zero attached hydrogens (tertiary/aromatic N) is 5. The van der Waals surface area contributed by atoms with E-state index in [0.29, 0.717) is 37.8 Å². The number of likely N-dealkylation sites (tertiary alicyclic amines) is 1. The van der Waals surface area contributed by atoms with Gasteiger partial charge in [-0.15, -0.1) is 0 Å². The lowest BCUT2D eigenvalue weighted by Gasteiger charge is -2.37. The van der Waals surface area contributed by atoms with Crippen molar-refractivity contribution in [2.75, 3.05) is 31.5 Å². The molecule has 42 heavy (non-hydrogen) atoms. The van der Waals surface area contributed by atoms with Crippen molar-refractivity contribution in [1.82, 2.24) is 30.1 Å². The highest BCUT2D eigenvalue weighted by Gasteiger charge is 2.27. The van der Waals surface area contributed by atoms with E-state index in [4.69, 9.17) is 9.15 Å². The van der Waals surface area contributed by atoms with E-state index in [0.717, 1.165) is 37.3 Å². The number of nitrogens with one attached hydrogen (secondary N) is 2. The lowest BCUT2D eigenvalue weighted by molar-refractivity contribution is -0.132. The summed E-state index contributed by atoms with van der Waals surface area (Å²) in [6.45, 7) is 8.61. The maximum absolute atomic E-state index is 12.8. The van der Waals surface area contributed by atoms with Crippen molar-refractivity contribution in [2.45, 2.75) is 71.4 Å². The molecule has 0 spiro atoms. The van der Waals surface area contributed by atoms with Gasteiger partial charge in [0.15, 0.2) is 12.2 Å². The number of fused-ring (bicyclic) bond motifs is 1. The number of carbonyl (C=O) groups excluding carboxylic acids is 2. The first kappa shape index (κ1) is 29.5. The number of aromatic nitrogens is 3. The van der Waals surface area contributed by atoms with Crippen LogP contribution in [0.1, 0.15) is 59.8 Å². The number of ether oxygens (including phenoxy) is 1. The zero-order valence-electron chi connectivity index (χ0n) is 24.4. The molecule has 3 atom stereocenters. The van der Waals surface area contributed by atoms with Gasteiger partial charge in [-0.2, -0.15) is 0 Å². The number of carbonyl (C=O) groups is 2. The highest BCUT2D eigenvalue weighted by Crippen LogP contribution is 2.25. The molecule has 12 heteroatoms. The molecule has 3 N–H and O–H groups in total. The second-order valence-electron chi connectivity index (χ2n) is 11.1. The van der Waals surface area contributed by atoms with Crippen molar-refractivity contribution in [1.29, 1.82) is 0 Å². The van der Waals surface area contributed by atoms with Gasteiger partial charge < -0.3 is 29.8 Å². The summed E-state index contributed by atoms with van der Waals surface area (Å²) in [6, 6.07) is 7.99. The molecule has 0 radical (unpaired) electrons. The number of aliphatic hydroxyl groups is 1. The molecule has 2 aliphatic heterocycles. The molecule has 0 aliphatic carbocycles. The highest BCUT2D eigenvalue weighted by molar-refractivity contribution is 5.92. The van der Waals surface area contributed by atoms with Gasteiger partial charge in [0.25, 0.3) is 5.91 Å². The van der Waals surface area contributed by atoms with E-state index >= 15 is 0 Å². The highest BCUT2D eigenvalue weighted by atomic mass is 16.5. The van der Waals surface area contributed by atoms with Gasteiger partial charge in [-0.3, -0.25) is 14.5 Å². The summed E-state index contributed by atoms with van der Waals surface area (Å²) in [5.74, 6) is 1.80. The van der Waals surface area contributed by atoms with E-state index in [2.05, 4.69) is 42.6 Å². The Balaban J connectivity index is 1.06. The molecule has 2 amide bonds. The predicted molar refractivity (Wildman–Crippen MR) is 155 cm³/mol. The van der Waals surface area contributed by atoms with Crippen molar-refractivity contribution >= 4 is 17.6 Å². The molecule has 224 valence electrons. The average molecular weight is 578 g/mol. The maximum Gasteiger partial charge on any atom is 0.270 e. The first-order valence-corrected chi connectivity index (χ1v) is 14.4. The summed E-state index contributed by atoms with van der Waals surface area (Å²) in [4.78, 5) is 41.0. The number of aliphatic hydroxyl groups excluding tert-OH is 1. The molecule has 1 fully saturated rings. The summed E-state index contributed by atoms with van der Waals surface area (Å²) in [7, 11) is 0. The van der Waals surface area contributed by atoms with Crippen LogP contribution in [0.4, 0.5) is 5.82 Å². The van der Waals surface area contributed by atoms with Crippen LogP contribution in [-0.2, 0) is 24.4 Å². The van der Waals surface area contributed by atoms with Crippen LogP contribution >= 0.6 is 0 Å². The minimum Gasteiger partial charge on any atom is -0.486 e. The van der Waals surface area contributed by atoms with Gasteiger partial charge in [0.1, 0.15) is 30.2 Å². The Bertz CT molecular complexity index is 1400. The van der Waals surface area contributed by atoms with Crippen LogP contribution in [0.2, 0.25) is 0 Å². The Morgan fingerprint density at radius 1 is 1.19 bits per heavy atom. The van der Waals surface area contributed by atoms with Gasteiger partial charge in [-0.1, -0.05) is 6.07 Å². The lowest BCUT2D eigenvalue weighted by atomic mass is 9.98. The van der Waals surface area contributed by atoms with Crippen LogP contribution in [0, 0.1) is 6.92 Å². The normalized spacial score (nSPS) is 19.6. The zero-order valence-corrected chi connectivity index (χ0v) is 24.4. The number of hydrogen-bond acceptors (Lipinski definition) is 10. The molecule has 12 nitrogen and oxygen atoms in total. The number of oxazole rings is 1. The Morgan fingerprint density at radius 3 is 2.81 bits per heavy atom. The van der Waals surface area contributed by atoms with E-state index in [9.17, 15) is 14.7 Å². The van der Waals surface area contributed by atoms with Crippen LogP contribution in [0.3, 0.4) is 0 Å². The fourth-order valence-electron chi connectivity index (χ4n) is 5.65. The third kappa shape index (κ3) is 7.42. The smallest absolute Gasteiger partial charge is 0.270 e. The second-order valence-corrected chi connectivity index (χ2v) is 11.1. The standard InChI is InChI=1S/C30H39N7O5/c1-19-10-24(7-9-37(19)21(3)38)35-29-12-27(32-17-33-29)30(40)31-13-25(39)15-36-8-6-22-11-26(5-4-23(22)14-36)41-16-28-20(2)34-18-42-28/h4-5,11-12,17-19,24-25,39H,6-10,13-16H2,1-3H3,(H,31,40)(H,32,33,35)/t19-,24+,25+/m1/s1. The van der Waals surface area contributed by atoms with Crippen LogP contribution in [-0.4, -0.2) is 86.0 Å². The third-order valence-electron chi connectivity index (χ3n) is 7.98. The van der Waals surface area contributed by atoms with Gasteiger partial charge >= 0.3 is 0 Å². The molecule has 2 aromatic heterocycles. The summed E-state index contributed by atoms with van der Waals surface area (Å²) < 4.78 is 11.2. The monoisotopic (exact) mass is 577 g/mol. The van der Waals surface area contributed by atoms with Crippen molar-refractivity contribution < 1.29 is 23.8 Å². The minimum absolute atomic E-state index is 0.0872. The lowest BCUT2D eigenvalue weighted by Crippen LogP contribution is -2.47.